The van der Waals surface area contributed by atoms with Crippen LogP contribution in [0.1, 0.15) is 5.56 Å². The molecule has 2 rings (SSSR count). The second-order valence-corrected chi connectivity index (χ2v) is 4.77. The highest BCUT2D eigenvalue weighted by Gasteiger charge is 2.02. The van der Waals surface area contributed by atoms with Crippen LogP contribution in [0.25, 0.3) is 11.1 Å². The predicted octanol–water partition coefficient (Wildman–Crippen LogP) is 4.16. The highest BCUT2D eigenvalue weighted by Crippen LogP contribution is 2.26. The number of nitrogens with two attached hydrogens (primary N) is 1. The summed E-state index contributed by atoms with van der Waals surface area (Å²) in [5.41, 5.74) is 8.92. The summed E-state index contributed by atoms with van der Waals surface area (Å²) < 4.78 is 0. The highest BCUT2D eigenvalue weighted by molar-refractivity contribution is 6.31. The number of halogens is 2. The monoisotopic (exact) mass is 265 g/mol. The van der Waals surface area contributed by atoms with Gasteiger partial charge in [-0.1, -0.05) is 41.4 Å². The minimum atomic E-state index is 0.625. The molecule has 0 aliphatic rings. The molecule has 1 nitrogen and oxygen atoms in total. The van der Waals surface area contributed by atoms with E-state index >= 15 is 0 Å². The Bertz CT molecular complexity index is 506. The predicted molar refractivity (Wildman–Crippen MR) is 74.7 cm³/mol. The molecule has 0 saturated heterocycles. The highest BCUT2D eigenvalue weighted by atomic mass is 35.5. The average Bonchev–Trinajstić information content (AvgIpc) is 2.29. The van der Waals surface area contributed by atoms with E-state index in [1.807, 2.05) is 36.4 Å². The minimum Gasteiger partial charge on any atom is -0.330 e. The fourth-order valence-electron chi connectivity index (χ4n) is 1.77. The third kappa shape index (κ3) is 3.22. The van der Waals surface area contributed by atoms with Crippen LogP contribution in [-0.4, -0.2) is 6.54 Å². The topological polar surface area (TPSA) is 26.0 Å². The summed E-state index contributed by atoms with van der Waals surface area (Å²) >= 11 is 12.0. The zero-order valence-electron chi connectivity index (χ0n) is 9.29. The first-order valence-electron chi connectivity index (χ1n) is 5.44. The Labute approximate surface area is 111 Å². The molecule has 0 radical (unpaired) electrons. The van der Waals surface area contributed by atoms with Crippen molar-refractivity contribution in [2.75, 3.05) is 6.54 Å². The molecular weight excluding hydrogens is 253 g/mol. The maximum absolute atomic E-state index is 6.10. The quantitative estimate of drug-likeness (QED) is 0.886. The van der Waals surface area contributed by atoms with Crippen LogP contribution in [0.15, 0.2) is 42.5 Å². The largest absolute Gasteiger partial charge is 0.330 e. The smallest absolute Gasteiger partial charge is 0.0414 e. The molecule has 2 aromatic rings. The van der Waals surface area contributed by atoms with Crippen molar-refractivity contribution in [3.8, 4) is 11.1 Å². The third-order valence-corrected chi connectivity index (χ3v) is 3.04. The summed E-state index contributed by atoms with van der Waals surface area (Å²) in [7, 11) is 0. The van der Waals surface area contributed by atoms with E-state index in [0.29, 0.717) is 6.54 Å². The van der Waals surface area contributed by atoms with Crippen molar-refractivity contribution in [1.82, 2.24) is 0 Å². The lowest BCUT2D eigenvalue weighted by atomic mass is 10.0. The van der Waals surface area contributed by atoms with Gasteiger partial charge in [0.05, 0.1) is 0 Å². The SMILES string of the molecule is NCCc1cc(Cl)cc(-c2ccc(Cl)cc2)c1. The van der Waals surface area contributed by atoms with E-state index in [2.05, 4.69) is 6.07 Å². The molecule has 0 aliphatic heterocycles. The summed E-state index contributed by atoms with van der Waals surface area (Å²) in [4.78, 5) is 0. The Hall–Kier alpha value is -1.02. The molecule has 17 heavy (non-hydrogen) atoms. The fraction of sp³-hybridized carbons (Fsp3) is 0.143. The van der Waals surface area contributed by atoms with Gasteiger partial charge in [0.15, 0.2) is 0 Å². The van der Waals surface area contributed by atoms with Crippen molar-refractivity contribution in [3.05, 3.63) is 58.1 Å². The Morgan fingerprint density at radius 2 is 1.53 bits per heavy atom. The lowest BCUT2D eigenvalue weighted by molar-refractivity contribution is 0.969. The molecule has 0 fully saturated rings. The molecule has 0 spiro atoms. The van der Waals surface area contributed by atoms with Crippen molar-refractivity contribution < 1.29 is 0 Å². The van der Waals surface area contributed by atoms with Crippen molar-refractivity contribution in [3.63, 3.8) is 0 Å². The van der Waals surface area contributed by atoms with Gasteiger partial charge in [-0.05, 0) is 53.9 Å². The Kier molecular flexibility index (Phi) is 4.06. The van der Waals surface area contributed by atoms with Crippen molar-refractivity contribution in [2.45, 2.75) is 6.42 Å². The first-order valence-corrected chi connectivity index (χ1v) is 6.20. The summed E-state index contributed by atoms with van der Waals surface area (Å²) in [5.74, 6) is 0. The van der Waals surface area contributed by atoms with Gasteiger partial charge in [0.25, 0.3) is 0 Å². The second-order valence-electron chi connectivity index (χ2n) is 3.89. The minimum absolute atomic E-state index is 0.625. The van der Waals surface area contributed by atoms with Gasteiger partial charge in [-0.15, -0.1) is 0 Å². The maximum atomic E-state index is 6.10. The van der Waals surface area contributed by atoms with Gasteiger partial charge in [-0.2, -0.15) is 0 Å². The van der Waals surface area contributed by atoms with Crippen LogP contribution in [0.2, 0.25) is 10.0 Å². The number of rotatable bonds is 3. The lowest BCUT2D eigenvalue weighted by Gasteiger charge is -2.06. The fourth-order valence-corrected chi connectivity index (χ4v) is 2.15. The van der Waals surface area contributed by atoms with Gasteiger partial charge in [0.1, 0.15) is 0 Å². The molecule has 0 unspecified atom stereocenters. The van der Waals surface area contributed by atoms with Crippen LogP contribution < -0.4 is 5.73 Å². The number of benzene rings is 2. The Morgan fingerprint density at radius 3 is 2.18 bits per heavy atom. The standard InChI is InChI=1S/C14H13Cl2N/c15-13-3-1-11(2-4-13)12-7-10(5-6-17)8-14(16)9-12/h1-4,7-9H,5-6,17H2. The summed E-state index contributed by atoms with van der Waals surface area (Å²) in [5, 5.41) is 1.47. The Balaban J connectivity index is 2.40. The van der Waals surface area contributed by atoms with E-state index < -0.39 is 0 Å². The summed E-state index contributed by atoms with van der Waals surface area (Å²) in [6.45, 7) is 0.625. The summed E-state index contributed by atoms with van der Waals surface area (Å²) in [6, 6.07) is 13.7. The van der Waals surface area contributed by atoms with Crippen molar-refractivity contribution in [1.29, 1.82) is 0 Å². The van der Waals surface area contributed by atoms with Gasteiger partial charge < -0.3 is 5.73 Å². The van der Waals surface area contributed by atoms with E-state index in [1.165, 1.54) is 0 Å². The molecule has 0 saturated carbocycles. The van der Waals surface area contributed by atoms with Crippen LogP contribution in [-0.2, 0) is 6.42 Å². The van der Waals surface area contributed by atoms with Gasteiger partial charge >= 0.3 is 0 Å². The molecule has 0 aliphatic carbocycles. The molecule has 2 N–H and O–H groups in total. The molecule has 0 heterocycles. The van der Waals surface area contributed by atoms with Crippen molar-refractivity contribution in [2.24, 2.45) is 5.73 Å². The average molecular weight is 266 g/mol. The molecule has 2 aromatic carbocycles. The van der Waals surface area contributed by atoms with E-state index in [1.54, 1.807) is 0 Å². The molecule has 3 heteroatoms. The van der Waals surface area contributed by atoms with Crippen LogP contribution in [0.5, 0.6) is 0 Å². The van der Waals surface area contributed by atoms with Gasteiger partial charge in [0.2, 0.25) is 0 Å². The van der Waals surface area contributed by atoms with Crippen LogP contribution in [0.3, 0.4) is 0 Å². The van der Waals surface area contributed by atoms with Crippen LogP contribution in [0.4, 0.5) is 0 Å². The Morgan fingerprint density at radius 1 is 0.824 bits per heavy atom. The molecular formula is C14H13Cl2N. The van der Waals surface area contributed by atoms with Crippen LogP contribution >= 0.6 is 23.2 Å². The molecule has 88 valence electrons. The molecule has 0 amide bonds. The maximum Gasteiger partial charge on any atom is 0.0414 e. The van der Waals surface area contributed by atoms with Gasteiger partial charge in [-0.25, -0.2) is 0 Å². The zero-order valence-corrected chi connectivity index (χ0v) is 10.8. The zero-order chi connectivity index (χ0) is 12.3. The van der Waals surface area contributed by atoms with E-state index in [-0.39, 0.29) is 0 Å². The van der Waals surface area contributed by atoms with E-state index in [9.17, 15) is 0 Å². The molecule has 0 aromatic heterocycles. The lowest BCUT2D eigenvalue weighted by Crippen LogP contribution is -2.02. The summed E-state index contributed by atoms with van der Waals surface area (Å²) in [6.07, 6.45) is 0.834. The molecule has 0 atom stereocenters. The second kappa shape index (κ2) is 5.54. The first-order chi connectivity index (χ1) is 8.19. The van der Waals surface area contributed by atoms with Gasteiger partial charge in [-0.3, -0.25) is 0 Å². The third-order valence-electron chi connectivity index (χ3n) is 2.57. The first kappa shape index (κ1) is 12.4. The molecule has 0 bridgehead atoms. The van der Waals surface area contributed by atoms with Crippen LogP contribution in [0, 0.1) is 0 Å². The number of hydrogen-bond donors (Lipinski definition) is 1. The normalized spacial score (nSPS) is 10.5. The van der Waals surface area contributed by atoms with E-state index in [4.69, 9.17) is 28.9 Å². The number of hydrogen-bond acceptors (Lipinski definition) is 1. The van der Waals surface area contributed by atoms with E-state index in [0.717, 1.165) is 33.2 Å². The van der Waals surface area contributed by atoms with Crippen molar-refractivity contribution >= 4 is 23.2 Å². The van der Waals surface area contributed by atoms with Gasteiger partial charge in [0, 0.05) is 10.0 Å².